The zero-order valence-electron chi connectivity index (χ0n) is 9.75. The van der Waals surface area contributed by atoms with E-state index in [-0.39, 0.29) is 0 Å². The summed E-state index contributed by atoms with van der Waals surface area (Å²) >= 11 is 0. The van der Waals surface area contributed by atoms with Gasteiger partial charge in [0.15, 0.2) is 0 Å². The van der Waals surface area contributed by atoms with E-state index < -0.39 is 0 Å². The van der Waals surface area contributed by atoms with Crippen LogP contribution in [0.1, 0.15) is 38.8 Å². The molecule has 0 atom stereocenters. The van der Waals surface area contributed by atoms with E-state index in [1.807, 2.05) is 13.8 Å². The van der Waals surface area contributed by atoms with Crippen LogP contribution in [0, 0.1) is 0 Å². The maximum absolute atomic E-state index is 2.49. The molecule has 0 unspecified atom stereocenters. The van der Waals surface area contributed by atoms with E-state index in [0.29, 0.717) is 6.04 Å². The van der Waals surface area contributed by atoms with E-state index in [2.05, 4.69) is 43.0 Å². The first kappa shape index (κ1) is 11.3. The number of nitrogens with zero attached hydrogens (tertiary/aromatic N) is 1. The summed E-state index contributed by atoms with van der Waals surface area (Å²) in [5.41, 5.74) is 3.01. The van der Waals surface area contributed by atoms with Gasteiger partial charge in [-0.25, -0.2) is 0 Å². The molecule has 14 heavy (non-hydrogen) atoms. The first-order valence-corrected chi connectivity index (χ1v) is 5.58. The van der Waals surface area contributed by atoms with E-state index in [1.54, 1.807) is 0 Å². The minimum atomic E-state index is 0.664. The zero-order valence-corrected chi connectivity index (χ0v) is 9.75. The molecule has 0 fully saturated rings. The van der Waals surface area contributed by atoms with Crippen LogP contribution in [0.3, 0.4) is 0 Å². The number of hydrogen-bond donors (Lipinski definition) is 0. The summed E-state index contributed by atoms with van der Waals surface area (Å²) < 4.78 is 0. The minimum absolute atomic E-state index is 0.664. The highest BCUT2D eigenvalue weighted by Crippen LogP contribution is 2.23. The Balaban J connectivity index is 0.000000461. The lowest BCUT2D eigenvalue weighted by molar-refractivity contribution is 0.227. The molecular weight excluding hydrogens is 170 g/mol. The molecule has 1 heterocycles. The summed E-state index contributed by atoms with van der Waals surface area (Å²) in [5.74, 6) is 0. The Morgan fingerprint density at radius 2 is 1.43 bits per heavy atom. The van der Waals surface area contributed by atoms with Crippen molar-refractivity contribution < 1.29 is 0 Å². The van der Waals surface area contributed by atoms with Crippen LogP contribution in [-0.2, 0) is 13.1 Å². The SMILES string of the molecule is CC.CC(C)N1Cc2ccccc2C1. The van der Waals surface area contributed by atoms with Gasteiger partial charge in [0.1, 0.15) is 0 Å². The second-order valence-corrected chi connectivity index (χ2v) is 3.77. The third kappa shape index (κ3) is 2.36. The van der Waals surface area contributed by atoms with Gasteiger partial charge >= 0.3 is 0 Å². The van der Waals surface area contributed by atoms with Crippen molar-refractivity contribution in [3.05, 3.63) is 35.4 Å². The molecular formula is C13H21N. The second kappa shape index (κ2) is 5.16. The summed E-state index contributed by atoms with van der Waals surface area (Å²) in [6.45, 7) is 10.8. The topological polar surface area (TPSA) is 3.24 Å². The summed E-state index contributed by atoms with van der Waals surface area (Å²) in [7, 11) is 0. The van der Waals surface area contributed by atoms with Gasteiger partial charge in [-0.2, -0.15) is 0 Å². The normalized spacial score (nSPS) is 14.9. The van der Waals surface area contributed by atoms with Crippen LogP contribution in [-0.4, -0.2) is 10.9 Å². The molecule has 2 rings (SSSR count). The van der Waals surface area contributed by atoms with E-state index in [0.717, 1.165) is 13.1 Å². The van der Waals surface area contributed by atoms with Crippen LogP contribution in [0.5, 0.6) is 0 Å². The molecule has 1 aliphatic heterocycles. The summed E-state index contributed by atoms with van der Waals surface area (Å²) in [6.07, 6.45) is 0. The van der Waals surface area contributed by atoms with E-state index in [4.69, 9.17) is 0 Å². The fourth-order valence-electron chi connectivity index (χ4n) is 1.72. The molecule has 0 amide bonds. The summed E-state index contributed by atoms with van der Waals surface area (Å²) in [5, 5.41) is 0. The molecule has 1 aromatic rings. The number of rotatable bonds is 1. The highest BCUT2D eigenvalue weighted by atomic mass is 15.2. The van der Waals surface area contributed by atoms with Crippen molar-refractivity contribution in [2.24, 2.45) is 0 Å². The highest BCUT2D eigenvalue weighted by molar-refractivity contribution is 5.30. The Labute approximate surface area is 87.7 Å². The predicted octanol–water partition coefficient (Wildman–Crippen LogP) is 3.44. The van der Waals surface area contributed by atoms with E-state index in [1.165, 1.54) is 11.1 Å². The summed E-state index contributed by atoms with van der Waals surface area (Å²) in [6, 6.07) is 9.39. The average molecular weight is 191 g/mol. The van der Waals surface area contributed by atoms with E-state index >= 15 is 0 Å². The van der Waals surface area contributed by atoms with Gasteiger partial charge in [0.25, 0.3) is 0 Å². The molecule has 0 saturated carbocycles. The lowest BCUT2D eigenvalue weighted by Gasteiger charge is -2.18. The molecule has 0 aromatic heterocycles. The molecule has 1 aliphatic rings. The molecule has 1 aromatic carbocycles. The van der Waals surface area contributed by atoms with Gasteiger partial charge in [-0.15, -0.1) is 0 Å². The van der Waals surface area contributed by atoms with Crippen LogP contribution in [0.15, 0.2) is 24.3 Å². The fourth-order valence-corrected chi connectivity index (χ4v) is 1.72. The fraction of sp³-hybridized carbons (Fsp3) is 0.538. The van der Waals surface area contributed by atoms with Gasteiger partial charge in [0, 0.05) is 19.1 Å². The molecule has 0 spiro atoms. The van der Waals surface area contributed by atoms with Gasteiger partial charge in [0.05, 0.1) is 0 Å². The van der Waals surface area contributed by atoms with Crippen LogP contribution in [0.2, 0.25) is 0 Å². The maximum atomic E-state index is 2.49. The molecule has 0 radical (unpaired) electrons. The Morgan fingerprint density at radius 3 is 1.79 bits per heavy atom. The Bertz CT molecular complexity index is 253. The zero-order chi connectivity index (χ0) is 10.6. The first-order chi connectivity index (χ1) is 6.77. The van der Waals surface area contributed by atoms with Crippen LogP contribution in [0.4, 0.5) is 0 Å². The molecule has 0 aliphatic carbocycles. The molecule has 0 bridgehead atoms. The Kier molecular flexibility index (Phi) is 4.15. The largest absolute Gasteiger partial charge is 0.292 e. The van der Waals surface area contributed by atoms with Crippen LogP contribution >= 0.6 is 0 Å². The highest BCUT2D eigenvalue weighted by Gasteiger charge is 2.19. The van der Waals surface area contributed by atoms with Gasteiger partial charge in [-0.1, -0.05) is 38.1 Å². The van der Waals surface area contributed by atoms with Crippen molar-refractivity contribution >= 4 is 0 Å². The minimum Gasteiger partial charge on any atom is -0.292 e. The molecule has 1 heteroatoms. The molecule has 78 valence electrons. The number of fused-ring (bicyclic) bond motifs is 1. The van der Waals surface area contributed by atoms with Gasteiger partial charge in [-0.05, 0) is 25.0 Å². The van der Waals surface area contributed by atoms with Crippen molar-refractivity contribution in [3.8, 4) is 0 Å². The van der Waals surface area contributed by atoms with Gasteiger partial charge in [0.2, 0.25) is 0 Å². The van der Waals surface area contributed by atoms with Crippen molar-refractivity contribution in [2.45, 2.75) is 46.8 Å². The van der Waals surface area contributed by atoms with Crippen LogP contribution in [0.25, 0.3) is 0 Å². The quantitative estimate of drug-likeness (QED) is 0.657. The lowest BCUT2D eigenvalue weighted by Crippen LogP contribution is -2.24. The number of hydrogen-bond acceptors (Lipinski definition) is 1. The number of benzene rings is 1. The predicted molar refractivity (Wildman–Crippen MR) is 62.2 cm³/mol. The molecule has 1 nitrogen and oxygen atoms in total. The van der Waals surface area contributed by atoms with Crippen LogP contribution < -0.4 is 0 Å². The van der Waals surface area contributed by atoms with Crippen molar-refractivity contribution in [2.75, 3.05) is 0 Å². The van der Waals surface area contributed by atoms with Crippen molar-refractivity contribution in [1.29, 1.82) is 0 Å². The molecule has 0 N–H and O–H groups in total. The lowest BCUT2D eigenvalue weighted by atomic mass is 10.1. The molecule has 0 saturated heterocycles. The van der Waals surface area contributed by atoms with Crippen molar-refractivity contribution in [3.63, 3.8) is 0 Å². The summed E-state index contributed by atoms with van der Waals surface area (Å²) in [4.78, 5) is 2.49. The standard InChI is InChI=1S/C11H15N.C2H6/c1-9(2)12-7-10-5-3-4-6-11(10)8-12;1-2/h3-6,9H,7-8H2,1-2H3;1-2H3. The average Bonchev–Trinajstić information content (AvgIpc) is 2.64. The monoisotopic (exact) mass is 191 g/mol. The third-order valence-corrected chi connectivity index (χ3v) is 2.60. The Morgan fingerprint density at radius 1 is 1.00 bits per heavy atom. The van der Waals surface area contributed by atoms with Crippen molar-refractivity contribution in [1.82, 2.24) is 4.90 Å². The van der Waals surface area contributed by atoms with Gasteiger partial charge < -0.3 is 0 Å². The van der Waals surface area contributed by atoms with Gasteiger partial charge in [-0.3, -0.25) is 4.90 Å². The smallest absolute Gasteiger partial charge is 0.0243 e. The second-order valence-electron chi connectivity index (χ2n) is 3.77. The first-order valence-electron chi connectivity index (χ1n) is 5.58. The van der Waals surface area contributed by atoms with E-state index in [9.17, 15) is 0 Å². The maximum Gasteiger partial charge on any atom is 0.0243 e. The third-order valence-electron chi connectivity index (χ3n) is 2.60. The Hall–Kier alpha value is -0.820.